The lowest BCUT2D eigenvalue weighted by Crippen LogP contribution is -2.69. The summed E-state index contributed by atoms with van der Waals surface area (Å²) in [5.74, 6) is -6.15. The van der Waals surface area contributed by atoms with Crippen molar-refractivity contribution in [3.63, 3.8) is 0 Å². The Morgan fingerprint density at radius 2 is 1.86 bits per heavy atom. The number of carbonyl (C=O) groups excluding carboxylic acids is 4. The molecule has 1 aromatic heterocycles. The number of alkyl halides is 2. The molecule has 0 bridgehead atoms. The number of amides is 2. The van der Waals surface area contributed by atoms with Gasteiger partial charge >= 0.3 is 5.97 Å². The van der Waals surface area contributed by atoms with Gasteiger partial charge in [0.15, 0.2) is 0 Å². The molecule has 10 heteroatoms. The molecule has 2 atom stereocenters. The Hall–Kier alpha value is -2.78. The molecule has 1 aliphatic heterocycles. The van der Waals surface area contributed by atoms with Crippen molar-refractivity contribution < 1.29 is 32.7 Å². The molecule has 2 amide bonds. The van der Waals surface area contributed by atoms with Gasteiger partial charge in [0.1, 0.15) is 11.2 Å². The number of hydrogen-bond acceptors (Lipinski definition) is 5. The third-order valence-corrected chi connectivity index (χ3v) is 6.19. The molecule has 2 fully saturated rings. The predicted octanol–water partition coefficient (Wildman–Crippen LogP) is 0.913. The zero-order valence-electron chi connectivity index (χ0n) is 16.2. The van der Waals surface area contributed by atoms with Crippen molar-refractivity contribution in [2.24, 2.45) is 5.92 Å². The van der Waals surface area contributed by atoms with Crippen LogP contribution >= 0.6 is 0 Å². The number of fused-ring (bicyclic) bond motifs is 3. The number of ether oxygens (including phenoxy) is 1. The van der Waals surface area contributed by atoms with Crippen LogP contribution in [0.25, 0.3) is 0 Å². The van der Waals surface area contributed by atoms with Crippen molar-refractivity contribution >= 4 is 23.6 Å². The van der Waals surface area contributed by atoms with Gasteiger partial charge in [-0.15, -0.1) is 0 Å². The van der Waals surface area contributed by atoms with Crippen LogP contribution in [0.5, 0.6) is 0 Å². The Morgan fingerprint density at radius 3 is 2.41 bits per heavy atom. The molecule has 4 rings (SSSR count). The average Bonchev–Trinajstić information content (AvgIpc) is 3.22. The van der Waals surface area contributed by atoms with Crippen LogP contribution in [0.1, 0.15) is 57.3 Å². The van der Waals surface area contributed by atoms with Crippen LogP contribution in [-0.2, 0) is 20.9 Å². The van der Waals surface area contributed by atoms with Crippen LogP contribution in [0, 0.1) is 12.8 Å². The van der Waals surface area contributed by atoms with Crippen LogP contribution in [0.3, 0.4) is 0 Å². The van der Waals surface area contributed by atoms with E-state index in [-0.39, 0.29) is 17.2 Å². The summed E-state index contributed by atoms with van der Waals surface area (Å²) in [6.45, 7) is 2.12. The largest absolute Gasteiger partial charge is 0.464 e. The van der Waals surface area contributed by atoms with Crippen molar-refractivity contribution in [3.05, 3.63) is 22.5 Å². The van der Waals surface area contributed by atoms with Crippen molar-refractivity contribution in [1.29, 1.82) is 0 Å². The van der Waals surface area contributed by atoms with E-state index in [9.17, 15) is 28.0 Å². The van der Waals surface area contributed by atoms with Crippen molar-refractivity contribution in [2.75, 3.05) is 14.2 Å². The van der Waals surface area contributed by atoms with E-state index in [2.05, 4.69) is 10.6 Å². The topological polar surface area (TPSA) is 106 Å². The monoisotopic (exact) mass is 409 g/mol. The SMILES string of the molecule is CNC(=O)C1(NC(=O)C(=O)c2c(C)c(C(=O)OC)n3c2[C@H]2C[C@H]2C3)CC(F)(F)C1. The van der Waals surface area contributed by atoms with Gasteiger partial charge < -0.3 is 19.9 Å². The van der Waals surface area contributed by atoms with Crippen molar-refractivity contribution in [2.45, 2.75) is 50.1 Å². The van der Waals surface area contributed by atoms with E-state index in [1.807, 2.05) is 0 Å². The minimum atomic E-state index is -3.09. The summed E-state index contributed by atoms with van der Waals surface area (Å²) < 4.78 is 33.5. The number of nitrogens with zero attached hydrogens (tertiary/aromatic N) is 1. The van der Waals surface area contributed by atoms with E-state index >= 15 is 0 Å². The summed E-state index contributed by atoms with van der Waals surface area (Å²) in [5.41, 5.74) is -0.561. The van der Waals surface area contributed by atoms with Gasteiger partial charge in [0.2, 0.25) is 5.91 Å². The van der Waals surface area contributed by atoms with E-state index in [0.29, 0.717) is 23.7 Å². The van der Waals surface area contributed by atoms with Gasteiger partial charge in [0.25, 0.3) is 17.6 Å². The third kappa shape index (κ3) is 2.76. The van der Waals surface area contributed by atoms with E-state index in [4.69, 9.17) is 4.74 Å². The number of likely N-dealkylation sites (N-methyl/N-ethyl adjacent to an activating group) is 1. The Morgan fingerprint density at radius 1 is 1.21 bits per heavy atom. The Bertz CT molecular complexity index is 960. The zero-order chi connectivity index (χ0) is 21.3. The molecule has 0 saturated heterocycles. The third-order valence-electron chi connectivity index (χ3n) is 6.19. The lowest BCUT2D eigenvalue weighted by molar-refractivity contribution is -0.164. The van der Waals surface area contributed by atoms with Gasteiger partial charge in [-0.3, -0.25) is 14.4 Å². The summed E-state index contributed by atoms with van der Waals surface area (Å²) in [5, 5.41) is 4.49. The first-order valence-corrected chi connectivity index (χ1v) is 9.33. The molecule has 2 N–H and O–H groups in total. The van der Waals surface area contributed by atoms with Gasteiger partial charge in [-0.25, -0.2) is 13.6 Å². The number of ketones is 1. The lowest BCUT2D eigenvalue weighted by atomic mass is 9.72. The molecule has 2 heterocycles. The normalized spacial score (nSPS) is 24.6. The standard InChI is InChI=1S/C19H21F2N3O5/c1-8-11(13-10-4-9(10)5-24(13)12(8)16(27)29-3)14(25)15(26)23-18(17(28)22-2)6-19(20,21)7-18/h9-10H,4-7H2,1-3H3,(H,22,28)(H,23,26)/t9-,10-/m0/s1. The number of Topliss-reactive ketones (excluding diaryl/α,β-unsaturated/α-hetero) is 1. The number of rotatable bonds is 5. The molecular formula is C19H21F2N3O5. The van der Waals surface area contributed by atoms with Crippen LogP contribution < -0.4 is 10.6 Å². The second-order valence-electron chi connectivity index (χ2n) is 8.09. The second kappa shape index (κ2) is 6.11. The number of halogens is 2. The maximum Gasteiger partial charge on any atom is 0.354 e. The first-order chi connectivity index (χ1) is 13.5. The molecule has 2 aliphatic carbocycles. The summed E-state index contributed by atoms with van der Waals surface area (Å²) in [7, 11) is 2.50. The Labute approximate surface area is 164 Å². The highest BCUT2D eigenvalue weighted by atomic mass is 19.3. The maximum atomic E-state index is 13.5. The van der Waals surface area contributed by atoms with Crippen LogP contribution in [0.15, 0.2) is 0 Å². The first kappa shape index (κ1) is 19.5. The highest BCUT2D eigenvalue weighted by Crippen LogP contribution is 2.56. The molecule has 29 heavy (non-hydrogen) atoms. The minimum Gasteiger partial charge on any atom is -0.464 e. The number of hydrogen-bond donors (Lipinski definition) is 2. The molecule has 8 nitrogen and oxygen atoms in total. The molecule has 3 aliphatic rings. The molecule has 0 radical (unpaired) electrons. The summed E-state index contributed by atoms with van der Waals surface area (Å²) in [6.07, 6.45) is -0.881. The van der Waals surface area contributed by atoms with Crippen molar-refractivity contribution in [3.8, 4) is 0 Å². The van der Waals surface area contributed by atoms with Gasteiger partial charge in [-0.1, -0.05) is 0 Å². The van der Waals surface area contributed by atoms with Crippen molar-refractivity contribution in [1.82, 2.24) is 15.2 Å². The van der Waals surface area contributed by atoms with Gasteiger partial charge in [-0.05, 0) is 24.8 Å². The highest BCUT2D eigenvalue weighted by Gasteiger charge is 2.62. The van der Waals surface area contributed by atoms with Crippen LogP contribution in [-0.4, -0.2) is 53.8 Å². The van der Waals surface area contributed by atoms with E-state index in [0.717, 1.165) is 6.42 Å². The minimum absolute atomic E-state index is 0.0831. The molecule has 0 unspecified atom stereocenters. The van der Waals surface area contributed by atoms with Crippen LogP contribution in [0.4, 0.5) is 8.78 Å². The number of carbonyl (C=O) groups is 4. The fourth-order valence-electron chi connectivity index (χ4n) is 4.77. The fraction of sp³-hybridized carbons (Fsp3) is 0.579. The molecule has 0 spiro atoms. The molecule has 0 aromatic carbocycles. The van der Waals surface area contributed by atoms with E-state index < -0.39 is 47.9 Å². The van der Waals surface area contributed by atoms with Gasteiger partial charge in [0.05, 0.1) is 12.7 Å². The lowest BCUT2D eigenvalue weighted by Gasteiger charge is -2.45. The van der Waals surface area contributed by atoms with Crippen LogP contribution in [0.2, 0.25) is 0 Å². The number of nitrogens with one attached hydrogen (secondary N) is 2. The number of esters is 1. The Balaban J connectivity index is 1.66. The molecular weight excluding hydrogens is 388 g/mol. The summed E-state index contributed by atoms with van der Waals surface area (Å²) >= 11 is 0. The maximum absolute atomic E-state index is 13.5. The van der Waals surface area contributed by atoms with E-state index in [1.54, 1.807) is 11.5 Å². The first-order valence-electron chi connectivity index (χ1n) is 9.33. The highest BCUT2D eigenvalue weighted by molar-refractivity contribution is 6.44. The predicted molar refractivity (Wildman–Crippen MR) is 94.8 cm³/mol. The second-order valence-corrected chi connectivity index (χ2v) is 8.09. The zero-order valence-corrected chi connectivity index (χ0v) is 16.2. The fourth-order valence-corrected chi connectivity index (χ4v) is 4.77. The number of aromatic nitrogens is 1. The molecule has 2 saturated carbocycles. The summed E-state index contributed by atoms with van der Waals surface area (Å²) in [4.78, 5) is 50.0. The number of methoxy groups -OCH3 is 1. The smallest absolute Gasteiger partial charge is 0.354 e. The summed E-state index contributed by atoms with van der Waals surface area (Å²) in [6, 6.07) is 0. The molecule has 1 aromatic rings. The molecule has 156 valence electrons. The Kier molecular flexibility index (Phi) is 4.11. The quantitative estimate of drug-likeness (QED) is 0.427. The van der Waals surface area contributed by atoms with Gasteiger partial charge in [-0.2, -0.15) is 0 Å². The van der Waals surface area contributed by atoms with E-state index in [1.165, 1.54) is 14.2 Å². The van der Waals surface area contributed by atoms with Gasteiger partial charge in [0, 0.05) is 38.0 Å². The average molecular weight is 409 g/mol.